The minimum atomic E-state index is 0.633. The number of methoxy groups -OCH3 is 1. The fourth-order valence-corrected chi connectivity index (χ4v) is 4.54. The molecule has 2 atom stereocenters. The van der Waals surface area contributed by atoms with Crippen LogP contribution in [-0.4, -0.2) is 47.5 Å². The first-order valence-corrected chi connectivity index (χ1v) is 10.1. The molecule has 2 aliphatic heterocycles. The van der Waals surface area contributed by atoms with Crippen molar-refractivity contribution in [2.24, 2.45) is 11.8 Å². The molecule has 1 aromatic carbocycles. The number of nitrogens with zero attached hydrogens (tertiary/aromatic N) is 3. The van der Waals surface area contributed by atoms with Crippen molar-refractivity contribution in [1.82, 2.24) is 25.5 Å². The average Bonchev–Trinajstić information content (AvgIpc) is 3.34. The minimum absolute atomic E-state index is 0.633. The van der Waals surface area contributed by atoms with Crippen LogP contribution in [0.1, 0.15) is 30.9 Å². The van der Waals surface area contributed by atoms with E-state index in [1.165, 1.54) is 37.1 Å². The molecule has 2 aliphatic rings. The van der Waals surface area contributed by atoms with Gasteiger partial charge in [0.05, 0.1) is 13.7 Å². The van der Waals surface area contributed by atoms with Crippen LogP contribution in [0.25, 0.3) is 0 Å². The third-order valence-corrected chi connectivity index (χ3v) is 6.09. The van der Waals surface area contributed by atoms with E-state index in [0.29, 0.717) is 6.04 Å². The van der Waals surface area contributed by atoms with E-state index < -0.39 is 0 Å². The Hall–Kier alpha value is -1.89. The van der Waals surface area contributed by atoms with Gasteiger partial charge in [-0.2, -0.15) is 5.10 Å². The van der Waals surface area contributed by atoms with Gasteiger partial charge >= 0.3 is 0 Å². The molecule has 2 unspecified atom stereocenters. The van der Waals surface area contributed by atoms with Gasteiger partial charge in [-0.15, -0.1) is 0 Å². The van der Waals surface area contributed by atoms with Crippen molar-refractivity contribution >= 4 is 0 Å². The lowest BCUT2D eigenvalue weighted by atomic mass is 9.84. The van der Waals surface area contributed by atoms with Gasteiger partial charge in [0.1, 0.15) is 5.75 Å². The van der Waals surface area contributed by atoms with E-state index >= 15 is 0 Å². The van der Waals surface area contributed by atoms with Crippen molar-refractivity contribution in [2.75, 3.05) is 26.7 Å². The highest BCUT2D eigenvalue weighted by molar-refractivity contribution is 5.37. The Bertz CT molecular complexity index is 724. The normalized spacial score (nSPS) is 24.4. The molecule has 0 radical (unpaired) electrons. The minimum Gasteiger partial charge on any atom is -0.496 e. The van der Waals surface area contributed by atoms with Gasteiger partial charge in [-0.05, 0) is 61.5 Å². The molecule has 6 heteroatoms. The third-order valence-electron chi connectivity index (χ3n) is 6.09. The van der Waals surface area contributed by atoms with Gasteiger partial charge in [0.25, 0.3) is 0 Å². The molecule has 0 aliphatic carbocycles. The number of likely N-dealkylation sites (tertiary alicyclic amines) is 1. The summed E-state index contributed by atoms with van der Waals surface area (Å²) >= 11 is 0. The summed E-state index contributed by atoms with van der Waals surface area (Å²) in [5.41, 5.74) is 9.35. The Morgan fingerprint density at radius 1 is 1.22 bits per heavy atom. The second kappa shape index (κ2) is 8.42. The van der Waals surface area contributed by atoms with Crippen molar-refractivity contribution in [2.45, 2.75) is 38.9 Å². The smallest absolute Gasteiger partial charge is 0.123 e. The summed E-state index contributed by atoms with van der Waals surface area (Å²) < 4.78 is 7.49. The highest BCUT2D eigenvalue weighted by Crippen LogP contribution is 2.28. The second-order valence-corrected chi connectivity index (χ2v) is 7.99. The van der Waals surface area contributed by atoms with Crippen LogP contribution >= 0.6 is 0 Å². The highest BCUT2D eigenvalue weighted by atomic mass is 16.5. The number of ether oxygens (including phenoxy) is 1. The molecule has 2 saturated heterocycles. The van der Waals surface area contributed by atoms with Crippen LogP contribution in [0.3, 0.4) is 0 Å². The van der Waals surface area contributed by atoms with Crippen molar-refractivity contribution in [3.63, 3.8) is 0 Å². The van der Waals surface area contributed by atoms with E-state index in [2.05, 4.69) is 46.0 Å². The number of hydrogen-bond donors (Lipinski definition) is 2. The Morgan fingerprint density at radius 2 is 2.07 bits per heavy atom. The number of piperidine rings is 1. The first-order chi connectivity index (χ1) is 13.2. The van der Waals surface area contributed by atoms with Crippen molar-refractivity contribution in [3.05, 3.63) is 47.8 Å². The van der Waals surface area contributed by atoms with E-state index in [0.717, 1.165) is 37.2 Å². The molecular weight excluding hydrogens is 338 g/mol. The standard InChI is InChI=1S/C21H31N5O/c1-16-13-22-24-21(16)18-6-10-25(11-7-18)14-17-4-5-20(27-2)19(12-17)15-26-9-3-8-23-26/h3-5,8-9,12,16,18,21-22,24H,6-7,10-11,13-15H2,1-2H3. The molecule has 2 N–H and O–H groups in total. The summed E-state index contributed by atoms with van der Waals surface area (Å²) in [7, 11) is 1.74. The van der Waals surface area contributed by atoms with Crippen LogP contribution < -0.4 is 15.6 Å². The molecule has 6 nitrogen and oxygen atoms in total. The number of hydrogen-bond acceptors (Lipinski definition) is 5. The Balaban J connectivity index is 1.37. The summed E-state index contributed by atoms with van der Waals surface area (Å²) in [5.74, 6) is 2.45. The lowest BCUT2D eigenvalue weighted by Crippen LogP contribution is -2.44. The van der Waals surface area contributed by atoms with Crippen LogP contribution in [0.5, 0.6) is 5.75 Å². The van der Waals surface area contributed by atoms with Gasteiger partial charge in [0.2, 0.25) is 0 Å². The van der Waals surface area contributed by atoms with Crippen LogP contribution in [0.15, 0.2) is 36.7 Å². The van der Waals surface area contributed by atoms with Gasteiger partial charge in [-0.25, -0.2) is 0 Å². The summed E-state index contributed by atoms with van der Waals surface area (Å²) in [6, 6.07) is 9.15. The Labute approximate surface area is 161 Å². The topological polar surface area (TPSA) is 54.4 Å². The molecule has 4 rings (SSSR count). The van der Waals surface area contributed by atoms with Crippen molar-refractivity contribution in [1.29, 1.82) is 0 Å². The number of hydrazine groups is 1. The quantitative estimate of drug-likeness (QED) is 0.818. The summed E-state index contributed by atoms with van der Waals surface area (Å²) in [4.78, 5) is 2.59. The van der Waals surface area contributed by atoms with E-state index in [1.54, 1.807) is 7.11 Å². The molecule has 3 heterocycles. The van der Waals surface area contributed by atoms with Crippen molar-refractivity contribution in [3.8, 4) is 5.75 Å². The third kappa shape index (κ3) is 4.34. The molecule has 2 fully saturated rings. The predicted octanol–water partition coefficient (Wildman–Crippen LogP) is 2.26. The highest BCUT2D eigenvalue weighted by Gasteiger charge is 2.32. The van der Waals surface area contributed by atoms with Gasteiger partial charge < -0.3 is 4.74 Å². The van der Waals surface area contributed by atoms with Crippen LogP contribution in [0.2, 0.25) is 0 Å². The SMILES string of the molecule is COc1ccc(CN2CCC(C3NNCC3C)CC2)cc1Cn1cccn1. The molecule has 0 amide bonds. The molecular formula is C21H31N5O. The zero-order valence-electron chi connectivity index (χ0n) is 16.4. The fraction of sp³-hybridized carbons (Fsp3) is 0.571. The maximum absolute atomic E-state index is 5.55. The molecule has 0 saturated carbocycles. The molecule has 0 spiro atoms. The summed E-state index contributed by atoms with van der Waals surface area (Å²) in [6.45, 7) is 7.55. The number of benzene rings is 1. The number of nitrogens with one attached hydrogen (secondary N) is 2. The zero-order chi connectivity index (χ0) is 18.6. The van der Waals surface area contributed by atoms with Gasteiger partial charge in [-0.1, -0.05) is 13.0 Å². The average molecular weight is 370 g/mol. The van der Waals surface area contributed by atoms with E-state index in [9.17, 15) is 0 Å². The lowest BCUT2D eigenvalue weighted by molar-refractivity contribution is 0.146. The van der Waals surface area contributed by atoms with E-state index in [1.807, 2.05) is 23.1 Å². The Kier molecular flexibility index (Phi) is 5.76. The summed E-state index contributed by atoms with van der Waals surface area (Å²) in [5, 5.41) is 4.32. The second-order valence-electron chi connectivity index (χ2n) is 7.99. The Morgan fingerprint density at radius 3 is 2.74 bits per heavy atom. The van der Waals surface area contributed by atoms with Crippen LogP contribution in [-0.2, 0) is 13.1 Å². The molecule has 1 aromatic heterocycles. The molecule has 0 bridgehead atoms. The molecule has 2 aromatic rings. The molecule has 146 valence electrons. The van der Waals surface area contributed by atoms with Crippen molar-refractivity contribution < 1.29 is 4.74 Å². The first-order valence-electron chi connectivity index (χ1n) is 10.1. The lowest BCUT2D eigenvalue weighted by Gasteiger charge is -2.36. The number of aromatic nitrogens is 2. The van der Waals surface area contributed by atoms with Gasteiger partial charge in [0.15, 0.2) is 0 Å². The van der Waals surface area contributed by atoms with Gasteiger partial charge in [-0.3, -0.25) is 20.4 Å². The summed E-state index contributed by atoms with van der Waals surface area (Å²) in [6.07, 6.45) is 6.36. The van der Waals surface area contributed by atoms with Crippen LogP contribution in [0, 0.1) is 11.8 Å². The first kappa shape index (κ1) is 18.5. The van der Waals surface area contributed by atoms with Crippen LogP contribution in [0.4, 0.5) is 0 Å². The van der Waals surface area contributed by atoms with E-state index in [-0.39, 0.29) is 0 Å². The monoisotopic (exact) mass is 369 g/mol. The maximum Gasteiger partial charge on any atom is 0.123 e. The fourth-order valence-electron chi connectivity index (χ4n) is 4.54. The predicted molar refractivity (Wildman–Crippen MR) is 106 cm³/mol. The largest absolute Gasteiger partial charge is 0.496 e. The van der Waals surface area contributed by atoms with Gasteiger partial charge in [0, 0.05) is 37.1 Å². The zero-order valence-corrected chi connectivity index (χ0v) is 16.4. The molecule has 27 heavy (non-hydrogen) atoms. The number of rotatable bonds is 6. The maximum atomic E-state index is 5.55. The van der Waals surface area contributed by atoms with E-state index in [4.69, 9.17) is 4.74 Å².